The highest BCUT2D eigenvalue weighted by Crippen LogP contribution is 2.37. The Morgan fingerprint density at radius 1 is 0.950 bits per heavy atom. The van der Waals surface area contributed by atoms with Crippen molar-refractivity contribution in [3.63, 3.8) is 0 Å². The molecule has 2 aromatic carbocycles. The predicted octanol–water partition coefficient (Wildman–Crippen LogP) is 5.03. The van der Waals surface area contributed by atoms with E-state index in [1.807, 2.05) is 30.3 Å². The van der Waals surface area contributed by atoms with Gasteiger partial charge in [-0.3, -0.25) is 0 Å². The number of hydrogen-bond acceptors (Lipinski definition) is 1. The smallest absolute Gasteiger partial charge is 0.0450 e. The summed E-state index contributed by atoms with van der Waals surface area (Å²) in [6, 6.07) is 16.8. The van der Waals surface area contributed by atoms with Gasteiger partial charge < -0.3 is 5.32 Å². The summed E-state index contributed by atoms with van der Waals surface area (Å²) in [4.78, 5) is 0. The lowest BCUT2D eigenvalue weighted by Crippen LogP contribution is -2.39. The van der Waals surface area contributed by atoms with E-state index < -0.39 is 0 Å². The molecule has 2 aromatic rings. The van der Waals surface area contributed by atoms with E-state index in [1.54, 1.807) is 0 Å². The average Bonchev–Trinajstić information content (AvgIpc) is 2.41. The molecule has 3 heteroatoms. The first-order valence-electron chi connectivity index (χ1n) is 6.94. The molecule has 3 rings (SSSR count). The molecule has 0 spiro atoms. The van der Waals surface area contributed by atoms with Crippen molar-refractivity contribution < 1.29 is 0 Å². The molecule has 1 aliphatic carbocycles. The molecule has 0 unspecified atom stereocenters. The largest absolute Gasteiger partial charge is 0.310 e. The molecule has 1 saturated carbocycles. The molecule has 0 saturated heterocycles. The molecule has 1 aliphatic rings. The fourth-order valence-corrected chi connectivity index (χ4v) is 3.02. The monoisotopic (exact) mass is 305 g/mol. The molecular weight excluding hydrogens is 289 g/mol. The van der Waals surface area contributed by atoms with E-state index in [-0.39, 0.29) is 0 Å². The van der Waals surface area contributed by atoms with Crippen molar-refractivity contribution >= 4 is 23.2 Å². The summed E-state index contributed by atoms with van der Waals surface area (Å²) in [7, 11) is 0. The van der Waals surface area contributed by atoms with E-state index in [2.05, 4.69) is 23.5 Å². The first-order chi connectivity index (χ1) is 9.72. The molecular formula is C17H17Cl2N. The van der Waals surface area contributed by atoms with Crippen LogP contribution in [0.2, 0.25) is 10.0 Å². The lowest BCUT2D eigenvalue weighted by Gasteiger charge is -2.36. The van der Waals surface area contributed by atoms with Crippen LogP contribution in [-0.2, 0) is 6.54 Å². The van der Waals surface area contributed by atoms with Gasteiger partial charge in [-0.25, -0.2) is 0 Å². The molecule has 0 radical (unpaired) electrons. The van der Waals surface area contributed by atoms with E-state index in [9.17, 15) is 0 Å². The predicted molar refractivity (Wildman–Crippen MR) is 85.5 cm³/mol. The van der Waals surface area contributed by atoms with Gasteiger partial charge in [0.2, 0.25) is 0 Å². The van der Waals surface area contributed by atoms with Gasteiger partial charge in [0.1, 0.15) is 0 Å². The Morgan fingerprint density at radius 3 is 2.35 bits per heavy atom. The number of rotatable bonds is 4. The van der Waals surface area contributed by atoms with Crippen molar-refractivity contribution in [1.82, 2.24) is 5.32 Å². The van der Waals surface area contributed by atoms with Crippen LogP contribution in [0.25, 0.3) is 0 Å². The zero-order valence-electron chi connectivity index (χ0n) is 11.2. The third-order valence-electron chi connectivity index (χ3n) is 4.02. The second kappa shape index (κ2) is 6.17. The lowest BCUT2D eigenvalue weighted by atomic mass is 9.76. The van der Waals surface area contributed by atoms with Crippen molar-refractivity contribution in [2.45, 2.75) is 31.3 Å². The molecule has 0 atom stereocenters. The molecule has 0 aliphatic heterocycles. The molecule has 0 heterocycles. The Morgan fingerprint density at radius 2 is 1.65 bits per heavy atom. The van der Waals surface area contributed by atoms with Gasteiger partial charge in [-0.2, -0.15) is 0 Å². The van der Waals surface area contributed by atoms with E-state index in [4.69, 9.17) is 23.2 Å². The third-order valence-corrected chi connectivity index (χ3v) is 4.64. The molecule has 1 N–H and O–H groups in total. The highest BCUT2D eigenvalue weighted by Gasteiger charge is 2.29. The zero-order chi connectivity index (χ0) is 13.9. The van der Waals surface area contributed by atoms with Gasteiger partial charge in [0, 0.05) is 22.6 Å². The van der Waals surface area contributed by atoms with Crippen LogP contribution in [0.4, 0.5) is 0 Å². The van der Waals surface area contributed by atoms with Gasteiger partial charge in [-0.1, -0.05) is 53.5 Å². The Hall–Kier alpha value is -1.02. The summed E-state index contributed by atoms with van der Waals surface area (Å²) in [6.07, 6.45) is 2.37. The molecule has 20 heavy (non-hydrogen) atoms. The van der Waals surface area contributed by atoms with Gasteiger partial charge in [-0.15, -0.1) is 0 Å². The van der Waals surface area contributed by atoms with Crippen LogP contribution in [-0.4, -0.2) is 6.04 Å². The summed E-state index contributed by atoms with van der Waals surface area (Å²) < 4.78 is 0. The van der Waals surface area contributed by atoms with Crippen LogP contribution in [0.15, 0.2) is 48.5 Å². The minimum Gasteiger partial charge on any atom is -0.310 e. The van der Waals surface area contributed by atoms with Gasteiger partial charge in [0.05, 0.1) is 0 Å². The fourth-order valence-electron chi connectivity index (χ4n) is 2.69. The van der Waals surface area contributed by atoms with Crippen molar-refractivity contribution in [2.75, 3.05) is 0 Å². The summed E-state index contributed by atoms with van der Waals surface area (Å²) in [5.74, 6) is 0.663. The molecule has 1 fully saturated rings. The number of hydrogen-bond donors (Lipinski definition) is 1. The lowest BCUT2D eigenvalue weighted by molar-refractivity contribution is 0.289. The SMILES string of the molecule is Clc1ccc(C2CC(NCc3ccccc3Cl)C2)cc1. The zero-order valence-corrected chi connectivity index (χ0v) is 12.7. The minimum absolute atomic E-state index is 0.590. The van der Waals surface area contributed by atoms with Crippen LogP contribution in [0.1, 0.15) is 29.9 Å². The van der Waals surface area contributed by atoms with Gasteiger partial charge in [0.25, 0.3) is 0 Å². The highest BCUT2D eigenvalue weighted by atomic mass is 35.5. The summed E-state index contributed by atoms with van der Waals surface area (Å²) >= 11 is 12.1. The molecule has 1 nitrogen and oxygen atoms in total. The fraction of sp³-hybridized carbons (Fsp3) is 0.294. The molecule has 0 aromatic heterocycles. The second-order valence-corrected chi connectivity index (χ2v) is 6.23. The number of halogens is 2. The Kier molecular flexibility index (Phi) is 4.30. The topological polar surface area (TPSA) is 12.0 Å². The average molecular weight is 306 g/mol. The molecule has 104 valence electrons. The maximum absolute atomic E-state index is 6.16. The van der Waals surface area contributed by atoms with E-state index in [1.165, 1.54) is 24.0 Å². The van der Waals surface area contributed by atoms with E-state index >= 15 is 0 Å². The van der Waals surface area contributed by atoms with Gasteiger partial charge in [0.15, 0.2) is 0 Å². The summed E-state index contributed by atoms with van der Waals surface area (Å²) in [5, 5.41) is 5.23. The third kappa shape index (κ3) is 3.17. The van der Waals surface area contributed by atoms with Crippen LogP contribution in [0, 0.1) is 0 Å². The second-order valence-electron chi connectivity index (χ2n) is 5.39. The summed E-state index contributed by atoms with van der Waals surface area (Å²) in [5.41, 5.74) is 2.56. The Bertz CT molecular complexity index is 574. The normalized spacial score (nSPS) is 21.5. The number of benzene rings is 2. The van der Waals surface area contributed by atoms with Crippen LogP contribution in [0.3, 0.4) is 0 Å². The molecule has 0 amide bonds. The van der Waals surface area contributed by atoms with Crippen molar-refractivity contribution in [3.8, 4) is 0 Å². The standard InChI is InChI=1S/C17H17Cl2N/c18-15-7-5-12(6-8-15)14-9-16(10-14)20-11-13-3-1-2-4-17(13)19/h1-8,14,16,20H,9-11H2. The maximum Gasteiger partial charge on any atom is 0.0450 e. The van der Waals surface area contributed by atoms with Gasteiger partial charge >= 0.3 is 0 Å². The minimum atomic E-state index is 0.590. The quantitative estimate of drug-likeness (QED) is 0.835. The van der Waals surface area contributed by atoms with Crippen LogP contribution < -0.4 is 5.32 Å². The maximum atomic E-state index is 6.16. The Balaban J connectivity index is 1.49. The van der Waals surface area contributed by atoms with Crippen molar-refractivity contribution in [3.05, 3.63) is 69.7 Å². The van der Waals surface area contributed by atoms with E-state index in [0.717, 1.165) is 16.6 Å². The van der Waals surface area contributed by atoms with Crippen LogP contribution in [0.5, 0.6) is 0 Å². The van der Waals surface area contributed by atoms with Crippen LogP contribution >= 0.6 is 23.2 Å². The summed E-state index contributed by atoms with van der Waals surface area (Å²) in [6.45, 7) is 0.845. The first-order valence-corrected chi connectivity index (χ1v) is 7.70. The Labute approximate surface area is 129 Å². The van der Waals surface area contributed by atoms with Crippen molar-refractivity contribution in [1.29, 1.82) is 0 Å². The highest BCUT2D eigenvalue weighted by molar-refractivity contribution is 6.31. The van der Waals surface area contributed by atoms with E-state index in [0.29, 0.717) is 12.0 Å². The number of nitrogens with one attached hydrogen (secondary N) is 1. The van der Waals surface area contributed by atoms with Gasteiger partial charge in [-0.05, 0) is 48.1 Å². The first kappa shape index (κ1) is 13.9. The van der Waals surface area contributed by atoms with Crippen molar-refractivity contribution in [2.24, 2.45) is 0 Å². The molecule has 0 bridgehead atoms.